The minimum absolute atomic E-state index is 0.0713. The van der Waals surface area contributed by atoms with Crippen LogP contribution in [0.4, 0.5) is 19.1 Å². The third kappa shape index (κ3) is 5.23. The fraction of sp³-hybridized carbons (Fsp3) is 0.286. The van der Waals surface area contributed by atoms with Gasteiger partial charge in [-0.05, 0) is 36.8 Å². The lowest BCUT2D eigenvalue weighted by Gasteiger charge is -2.29. The fourth-order valence-corrected chi connectivity index (χ4v) is 4.62. The average molecular weight is 535 g/mol. The second-order valence-electron chi connectivity index (χ2n) is 9.34. The van der Waals surface area contributed by atoms with E-state index in [0.717, 1.165) is 17.6 Å². The van der Waals surface area contributed by atoms with Gasteiger partial charge in [-0.25, -0.2) is 9.97 Å². The largest absolute Gasteiger partial charge is 0.416 e. The number of hydrogen-bond donors (Lipinski definition) is 2. The molecule has 5 rings (SSSR count). The van der Waals surface area contributed by atoms with Gasteiger partial charge in [-0.2, -0.15) is 13.2 Å². The minimum Gasteiger partial charge on any atom is -0.349 e. The molecule has 1 amide bonds. The van der Waals surface area contributed by atoms with Gasteiger partial charge in [0, 0.05) is 25.9 Å². The van der Waals surface area contributed by atoms with Gasteiger partial charge >= 0.3 is 6.18 Å². The normalized spacial score (nSPS) is 14.1. The number of terminal acetylenes is 1. The highest BCUT2D eigenvalue weighted by Gasteiger charge is 2.31. The van der Waals surface area contributed by atoms with E-state index in [1.807, 2.05) is 24.3 Å². The molecular formula is C28H25F3N6O2. The minimum atomic E-state index is -4.43. The predicted octanol–water partition coefficient (Wildman–Crippen LogP) is 4.53. The number of benzene rings is 2. The number of H-pyrrole nitrogens is 1. The summed E-state index contributed by atoms with van der Waals surface area (Å²) < 4.78 is 40.3. The van der Waals surface area contributed by atoms with Crippen molar-refractivity contribution in [3.8, 4) is 12.3 Å². The lowest BCUT2D eigenvalue weighted by molar-refractivity contribution is -0.137. The Morgan fingerprint density at radius 1 is 1.18 bits per heavy atom. The summed E-state index contributed by atoms with van der Waals surface area (Å²) in [4.78, 5) is 40.4. The second kappa shape index (κ2) is 10.3. The van der Waals surface area contributed by atoms with Crippen molar-refractivity contribution in [2.24, 2.45) is 0 Å². The molecule has 2 aromatic carbocycles. The van der Waals surface area contributed by atoms with Crippen molar-refractivity contribution >= 4 is 22.9 Å². The van der Waals surface area contributed by atoms with Crippen LogP contribution in [0.5, 0.6) is 0 Å². The van der Waals surface area contributed by atoms with Crippen LogP contribution >= 0.6 is 0 Å². The molecule has 1 aliphatic rings. The van der Waals surface area contributed by atoms with Crippen molar-refractivity contribution in [3.63, 3.8) is 0 Å². The number of fused-ring (bicyclic) bond motifs is 2. The molecule has 4 aromatic rings. The van der Waals surface area contributed by atoms with Crippen LogP contribution in [0.25, 0.3) is 11.0 Å². The number of aromatic nitrogens is 4. The number of carbonyl (C=O) groups excluding carboxylic acids is 1. The molecule has 2 N–H and O–H groups in total. The van der Waals surface area contributed by atoms with Crippen LogP contribution < -0.4 is 10.9 Å². The Balaban J connectivity index is 1.41. The molecule has 0 radical (unpaired) electrons. The van der Waals surface area contributed by atoms with Crippen LogP contribution in [0.3, 0.4) is 0 Å². The summed E-state index contributed by atoms with van der Waals surface area (Å²) in [6, 6.07) is 11.7. The number of hydrogen-bond acceptors (Lipinski definition) is 5. The summed E-state index contributed by atoms with van der Waals surface area (Å²) in [5.41, 5.74) is 1.92. The molecule has 11 heteroatoms. The van der Waals surface area contributed by atoms with Gasteiger partial charge in [0.15, 0.2) is 5.82 Å². The van der Waals surface area contributed by atoms with Crippen molar-refractivity contribution < 1.29 is 18.0 Å². The van der Waals surface area contributed by atoms with Crippen LogP contribution in [0, 0.1) is 12.3 Å². The van der Waals surface area contributed by atoms with E-state index < -0.39 is 17.8 Å². The van der Waals surface area contributed by atoms with Crippen LogP contribution in [0.1, 0.15) is 52.4 Å². The third-order valence-corrected chi connectivity index (χ3v) is 6.76. The quantitative estimate of drug-likeness (QED) is 0.355. The zero-order valence-electron chi connectivity index (χ0n) is 21.0. The Kier molecular flexibility index (Phi) is 6.87. The lowest BCUT2D eigenvalue weighted by Crippen LogP contribution is -2.42. The van der Waals surface area contributed by atoms with Gasteiger partial charge in [-0.15, -0.1) is 12.3 Å². The number of anilines is 1. The van der Waals surface area contributed by atoms with E-state index in [4.69, 9.17) is 11.4 Å². The maximum Gasteiger partial charge on any atom is 0.416 e. The summed E-state index contributed by atoms with van der Waals surface area (Å²) in [5.74, 6) is 2.68. The van der Waals surface area contributed by atoms with Crippen molar-refractivity contribution in [2.45, 2.75) is 45.1 Å². The first-order valence-corrected chi connectivity index (χ1v) is 12.4. The molecule has 39 heavy (non-hydrogen) atoms. The monoisotopic (exact) mass is 534 g/mol. The number of halogens is 3. The highest BCUT2D eigenvalue weighted by Crippen LogP contribution is 2.30. The predicted molar refractivity (Wildman–Crippen MR) is 140 cm³/mol. The van der Waals surface area contributed by atoms with E-state index in [1.165, 1.54) is 16.7 Å². The lowest BCUT2D eigenvalue weighted by atomic mass is 10.1. The van der Waals surface area contributed by atoms with Crippen LogP contribution in [-0.4, -0.2) is 36.9 Å². The Morgan fingerprint density at radius 3 is 2.62 bits per heavy atom. The number of aromatic amines is 1. The molecule has 0 unspecified atom stereocenters. The number of imidazole rings is 1. The highest BCUT2D eigenvalue weighted by molar-refractivity contribution is 5.94. The molecule has 0 spiro atoms. The Bertz CT molecular complexity index is 1600. The maximum absolute atomic E-state index is 13.6. The molecule has 0 saturated carbocycles. The number of carbonyl (C=O) groups is 1. The van der Waals surface area contributed by atoms with Gasteiger partial charge in [0.1, 0.15) is 0 Å². The van der Waals surface area contributed by atoms with Crippen molar-refractivity contribution in [1.82, 2.24) is 24.4 Å². The molecule has 0 aliphatic carbocycles. The van der Waals surface area contributed by atoms with Crippen LogP contribution in [0.15, 0.2) is 53.3 Å². The van der Waals surface area contributed by atoms with Crippen LogP contribution in [-0.2, 0) is 25.7 Å². The van der Waals surface area contributed by atoms with E-state index in [2.05, 4.69) is 21.2 Å². The number of nitrogens with zero attached hydrogens (tertiary/aromatic N) is 4. The van der Waals surface area contributed by atoms with Gasteiger partial charge in [-0.1, -0.05) is 24.3 Å². The molecular weight excluding hydrogens is 509 g/mol. The molecule has 8 nitrogen and oxygen atoms in total. The first kappa shape index (κ1) is 26.0. The van der Waals surface area contributed by atoms with E-state index in [-0.39, 0.29) is 42.7 Å². The number of rotatable bonds is 6. The Labute approximate surface area is 221 Å². The Morgan fingerprint density at radius 2 is 1.92 bits per heavy atom. The van der Waals surface area contributed by atoms with E-state index in [9.17, 15) is 22.8 Å². The number of para-hydroxylation sites is 2. The van der Waals surface area contributed by atoms with Crippen molar-refractivity contribution in [2.75, 3.05) is 11.9 Å². The zero-order chi connectivity index (χ0) is 27.7. The molecule has 1 atom stereocenters. The topological polar surface area (TPSA) is 95.9 Å². The molecule has 0 bridgehead atoms. The van der Waals surface area contributed by atoms with Gasteiger partial charge in [-0.3, -0.25) is 14.2 Å². The van der Waals surface area contributed by atoms with Gasteiger partial charge in [0.2, 0.25) is 5.95 Å². The van der Waals surface area contributed by atoms with Gasteiger partial charge < -0.3 is 15.2 Å². The number of amides is 1. The van der Waals surface area contributed by atoms with Crippen LogP contribution in [0.2, 0.25) is 0 Å². The third-order valence-electron chi connectivity index (χ3n) is 6.76. The van der Waals surface area contributed by atoms with E-state index in [0.29, 0.717) is 35.3 Å². The first-order valence-electron chi connectivity index (χ1n) is 12.4. The fourth-order valence-electron chi connectivity index (χ4n) is 4.62. The van der Waals surface area contributed by atoms with E-state index >= 15 is 0 Å². The standard InChI is InChI=1S/C28H25F3N6O2/c1-3-4-14-37-25(38)20-16-36(26(39)24-33-22-7-5-6-8-23(22)34-24)15-13-21(20)35-27(37)32-17(2)18-9-11-19(12-10-18)28(29,30)31/h1,5-12,17H,4,13-16H2,2H3,(H,32,35)(H,33,34)/t17-/m0/s1. The van der Waals surface area contributed by atoms with E-state index in [1.54, 1.807) is 11.8 Å². The molecule has 3 heterocycles. The van der Waals surface area contributed by atoms with Crippen molar-refractivity contribution in [1.29, 1.82) is 0 Å². The summed E-state index contributed by atoms with van der Waals surface area (Å²) in [6.45, 7) is 2.38. The molecule has 200 valence electrons. The SMILES string of the molecule is C#CCCn1c(N[C@@H](C)c2ccc(C(F)(F)F)cc2)nc2c(c1=O)CN(C(=O)c1nc3ccccc3[nH]1)CC2. The first-order chi connectivity index (χ1) is 18.7. The molecule has 0 saturated heterocycles. The average Bonchev–Trinajstić information content (AvgIpc) is 3.36. The summed E-state index contributed by atoms with van der Waals surface area (Å²) in [7, 11) is 0. The highest BCUT2D eigenvalue weighted by atomic mass is 19.4. The Hall–Kier alpha value is -4.59. The summed E-state index contributed by atoms with van der Waals surface area (Å²) in [6.07, 6.45) is 1.65. The summed E-state index contributed by atoms with van der Waals surface area (Å²) in [5, 5.41) is 3.17. The van der Waals surface area contributed by atoms with Crippen molar-refractivity contribution in [3.05, 3.63) is 87.1 Å². The summed E-state index contributed by atoms with van der Waals surface area (Å²) >= 11 is 0. The second-order valence-corrected chi connectivity index (χ2v) is 9.34. The zero-order valence-corrected chi connectivity index (χ0v) is 21.0. The molecule has 2 aromatic heterocycles. The van der Waals surface area contributed by atoms with Gasteiger partial charge in [0.25, 0.3) is 11.5 Å². The number of nitrogens with one attached hydrogen (secondary N) is 2. The number of alkyl halides is 3. The smallest absolute Gasteiger partial charge is 0.349 e. The molecule has 0 fully saturated rings. The molecule has 1 aliphatic heterocycles. The van der Waals surface area contributed by atoms with Gasteiger partial charge in [0.05, 0.1) is 40.4 Å². The maximum atomic E-state index is 13.6.